The zero-order valence-electron chi connectivity index (χ0n) is 31.9. The zero-order chi connectivity index (χ0) is 39.0. The molecule has 2 N–H and O–H groups in total. The quantitative estimate of drug-likeness (QED) is 0.0605. The third-order valence-corrected chi connectivity index (χ3v) is 11.9. The number of carbonyl (C=O) groups excluding carboxylic acids is 1. The number of aliphatic hydroxyl groups excluding tert-OH is 2. The van der Waals surface area contributed by atoms with Gasteiger partial charge in [-0.05, 0) is 116 Å². The van der Waals surface area contributed by atoms with Gasteiger partial charge in [-0.15, -0.1) is 18.3 Å². The molecule has 1 amide bonds. The van der Waals surface area contributed by atoms with Crippen molar-refractivity contribution in [1.29, 1.82) is 5.26 Å². The van der Waals surface area contributed by atoms with Gasteiger partial charge in [0.15, 0.2) is 0 Å². The zero-order valence-corrected chi connectivity index (χ0v) is 32.7. The molecule has 0 spiro atoms. The Bertz CT molecular complexity index is 1910. The molecule has 55 heavy (non-hydrogen) atoms. The topological polar surface area (TPSA) is 134 Å². The maximum Gasteiger partial charge on any atom is 0.254 e. The van der Waals surface area contributed by atoms with Crippen LogP contribution in [0.3, 0.4) is 0 Å². The maximum absolute atomic E-state index is 14.4. The molecule has 0 radical (unpaired) electrons. The molecule has 6 rings (SSSR count). The Hall–Kier alpha value is -4.60. The minimum Gasteiger partial charge on any atom is -0.459 e. The molecule has 1 aliphatic heterocycles. The number of likely N-dealkylation sites (N-methyl/N-ethyl adjacent to an activating group) is 1. The fourth-order valence-corrected chi connectivity index (χ4v) is 9.12. The number of allylic oxidation sites excluding steroid dienone is 1. The van der Waals surface area contributed by atoms with Crippen LogP contribution in [-0.2, 0) is 9.57 Å². The van der Waals surface area contributed by atoms with Gasteiger partial charge in [-0.3, -0.25) is 4.79 Å². The SMILES string of the molecule is C=CCOC12Oc3ccc(Oc4ccc(SC)cc4)cc3C3C(CCCCO)C(CCCCO)C=C(C(=NOC)CC1N(C)C(=O)c1ccc(C#N)cc1)C32. The van der Waals surface area contributed by atoms with Gasteiger partial charge in [0.25, 0.3) is 5.91 Å². The monoisotopic (exact) mass is 765 g/mol. The first-order valence-electron chi connectivity index (χ1n) is 19.0. The standard InChI is InChI=1S/C44H51N3O7S/c1-5-24-52-44-40(47(2)43(50)30-14-12-29(28-45)13-15-30)27-38(46-51-3)36-25-31(10-6-8-22-48)35(11-7-9-23-49)41(42(36)44)37-26-33(18-21-39(37)54-44)53-32-16-19-34(55-4)20-17-32/h5,12-21,25-26,31,35,40-42,48-49H,1,6-11,22-24,27H2,2-4H3. The van der Waals surface area contributed by atoms with E-state index in [1.807, 2.05) is 42.7 Å². The largest absolute Gasteiger partial charge is 0.459 e. The van der Waals surface area contributed by atoms with E-state index >= 15 is 0 Å². The first-order chi connectivity index (χ1) is 26.8. The lowest BCUT2D eigenvalue weighted by atomic mass is 9.55. The van der Waals surface area contributed by atoms with Crippen molar-refractivity contribution in [2.75, 3.05) is 40.2 Å². The second-order valence-electron chi connectivity index (χ2n) is 14.3. The first-order valence-corrected chi connectivity index (χ1v) is 20.3. The summed E-state index contributed by atoms with van der Waals surface area (Å²) >= 11 is 1.67. The van der Waals surface area contributed by atoms with E-state index in [0.29, 0.717) is 47.6 Å². The number of hydrogen-bond donors (Lipinski definition) is 2. The smallest absolute Gasteiger partial charge is 0.254 e. The van der Waals surface area contributed by atoms with Crippen LogP contribution >= 0.6 is 11.8 Å². The van der Waals surface area contributed by atoms with Crippen LogP contribution in [0.5, 0.6) is 17.2 Å². The molecular weight excluding hydrogens is 715 g/mol. The summed E-state index contributed by atoms with van der Waals surface area (Å²) in [7, 11) is 3.29. The number of benzene rings is 3. The van der Waals surface area contributed by atoms with E-state index in [2.05, 4.69) is 29.9 Å². The molecule has 0 saturated heterocycles. The van der Waals surface area contributed by atoms with Crippen LogP contribution in [0, 0.1) is 29.1 Å². The van der Waals surface area contributed by atoms with Gasteiger partial charge < -0.3 is 34.2 Å². The maximum atomic E-state index is 14.4. The first kappa shape index (κ1) is 40.1. The molecule has 2 aliphatic carbocycles. The van der Waals surface area contributed by atoms with E-state index in [9.17, 15) is 20.3 Å². The minimum absolute atomic E-state index is 0.0894. The lowest BCUT2D eigenvalue weighted by Gasteiger charge is -2.59. The van der Waals surface area contributed by atoms with Gasteiger partial charge in [0.05, 0.1) is 29.9 Å². The highest BCUT2D eigenvalue weighted by molar-refractivity contribution is 7.98. The molecule has 290 valence electrons. The number of hydrogen-bond acceptors (Lipinski definition) is 10. The highest BCUT2D eigenvalue weighted by atomic mass is 32.2. The minimum atomic E-state index is -1.36. The normalized spacial score (nSPS) is 24.4. The van der Waals surface area contributed by atoms with Crippen molar-refractivity contribution in [1.82, 2.24) is 4.90 Å². The van der Waals surface area contributed by atoms with E-state index < -0.39 is 17.7 Å². The Kier molecular flexibility index (Phi) is 13.4. The summed E-state index contributed by atoms with van der Waals surface area (Å²) in [5.41, 5.74) is 3.55. The van der Waals surface area contributed by atoms with E-state index in [4.69, 9.17) is 19.0 Å². The van der Waals surface area contributed by atoms with Crippen molar-refractivity contribution in [2.24, 2.45) is 22.9 Å². The summed E-state index contributed by atoms with van der Waals surface area (Å²) in [5.74, 6) is 0.0458. The van der Waals surface area contributed by atoms with E-state index in [-0.39, 0.29) is 43.5 Å². The summed E-state index contributed by atoms with van der Waals surface area (Å²) < 4.78 is 20.6. The van der Waals surface area contributed by atoms with Crippen LogP contribution in [0.15, 0.2) is 101 Å². The molecule has 3 aliphatic rings. The molecule has 6 unspecified atom stereocenters. The van der Waals surface area contributed by atoms with Crippen LogP contribution < -0.4 is 9.47 Å². The predicted octanol–water partition coefficient (Wildman–Crippen LogP) is 8.11. The number of aliphatic hydroxyl groups is 2. The Morgan fingerprint density at radius 3 is 2.42 bits per heavy atom. The van der Waals surface area contributed by atoms with Gasteiger partial charge in [0, 0.05) is 48.6 Å². The van der Waals surface area contributed by atoms with Crippen LogP contribution in [0.25, 0.3) is 0 Å². The number of oxime groups is 1. The average Bonchev–Trinajstić information content (AvgIpc) is 3.21. The van der Waals surface area contributed by atoms with Gasteiger partial charge in [-0.2, -0.15) is 5.26 Å². The summed E-state index contributed by atoms with van der Waals surface area (Å²) in [4.78, 5) is 22.7. The highest BCUT2D eigenvalue weighted by Gasteiger charge is 2.65. The molecule has 3 aromatic carbocycles. The molecule has 1 heterocycles. The van der Waals surface area contributed by atoms with Gasteiger partial charge in [0.2, 0.25) is 5.79 Å². The molecule has 0 bridgehead atoms. The van der Waals surface area contributed by atoms with E-state index in [1.165, 1.54) is 7.11 Å². The molecule has 1 fully saturated rings. The van der Waals surface area contributed by atoms with Crippen LogP contribution in [-0.4, -0.2) is 78.8 Å². The van der Waals surface area contributed by atoms with Crippen molar-refractivity contribution in [3.63, 3.8) is 0 Å². The number of fused-ring (bicyclic) bond motifs is 2. The summed E-state index contributed by atoms with van der Waals surface area (Å²) in [5, 5.41) is 33.6. The number of ether oxygens (including phenoxy) is 3. The fraction of sp³-hybridized carbons (Fsp3) is 0.432. The van der Waals surface area contributed by atoms with E-state index in [1.54, 1.807) is 54.1 Å². The van der Waals surface area contributed by atoms with Gasteiger partial charge >= 0.3 is 0 Å². The van der Waals surface area contributed by atoms with Gasteiger partial charge in [0.1, 0.15) is 30.4 Å². The molecule has 0 aromatic heterocycles. The van der Waals surface area contributed by atoms with Gasteiger partial charge in [-0.1, -0.05) is 30.1 Å². The van der Waals surface area contributed by atoms with Crippen molar-refractivity contribution in [3.8, 4) is 23.3 Å². The number of carbonyl (C=O) groups is 1. The third kappa shape index (κ3) is 8.33. The number of amides is 1. The summed E-state index contributed by atoms with van der Waals surface area (Å²) in [6, 6.07) is 22.0. The molecule has 11 heteroatoms. The second kappa shape index (κ2) is 18.4. The molecule has 3 aromatic rings. The number of nitriles is 1. The predicted molar refractivity (Wildman–Crippen MR) is 214 cm³/mol. The molecule has 1 saturated carbocycles. The number of nitrogens with zero attached hydrogens (tertiary/aromatic N) is 3. The van der Waals surface area contributed by atoms with Crippen molar-refractivity contribution >= 4 is 23.4 Å². The lowest BCUT2D eigenvalue weighted by Crippen LogP contribution is -2.69. The lowest BCUT2D eigenvalue weighted by molar-refractivity contribution is -0.252. The van der Waals surface area contributed by atoms with Gasteiger partial charge in [-0.25, -0.2) is 0 Å². The second-order valence-corrected chi connectivity index (χ2v) is 15.2. The van der Waals surface area contributed by atoms with Crippen LogP contribution in [0.1, 0.15) is 72.3 Å². The fourth-order valence-electron chi connectivity index (χ4n) is 8.71. The molecule has 6 atom stereocenters. The molecule has 10 nitrogen and oxygen atoms in total. The van der Waals surface area contributed by atoms with Crippen molar-refractivity contribution < 1.29 is 34.1 Å². The highest BCUT2D eigenvalue weighted by Crippen LogP contribution is 2.62. The number of rotatable bonds is 17. The van der Waals surface area contributed by atoms with Crippen molar-refractivity contribution in [2.45, 2.75) is 67.6 Å². The third-order valence-electron chi connectivity index (χ3n) is 11.2. The number of unbranched alkanes of at least 4 members (excludes halogenated alkanes) is 2. The molecular formula is C44H51N3O7S. The summed E-state index contributed by atoms with van der Waals surface area (Å²) in [6.07, 6.45) is 11.1. The van der Waals surface area contributed by atoms with Crippen LogP contribution in [0.2, 0.25) is 0 Å². The van der Waals surface area contributed by atoms with Crippen LogP contribution in [0.4, 0.5) is 0 Å². The Morgan fingerprint density at radius 2 is 1.76 bits per heavy atom. The Balaban J connectivity index is 1.54. The Morgan fingerprint density at radius 1 is 1.05 bits per heavy atom. The average molecular weight is 766 g/mol. The van der Waals surface area contributed by atoms with E-state index in [0.717, 1.165) is 47.5 Å². The summed E-state index contributed by atoms with van der Waals surface area (Å²) in [6.45, 7) is 4.37. The number of thioether (sulfide) groups is 1. The van der Waals surface area contributed by atoms with Crippen molar-refractivity contribution in [3.05, 3.63) is 108 Å². The Labute approximate surface area is 328 Å².